The van der Waals surface area contributed by atoms with Gasteiger partial charge in [-0.3, -0.25) is 0 Å². The summed E-state index contributed by atoms with van der Waals surface area (Å²) in [6, 6.07) is 5.50. The van der Waals surface area contributed by atoms with Crippen LogP contribution in [0.4, 0.5) is 0 Å². The van der Waals surface area contributed by atoms with Crippen molar-refractivity contribution >= 4 is 25.8 Å². The molecule has 0 saturated carbocycles. The summed E-state index contributed by atoms with van der Waals surface area (Å²) >= 11 is 3.35. The van der Waals surface area contributed by atoms with Gasteiger partial charge in [0.15, 0.2) is 9.84 Å². The number of ether oxygens (including phenoxy) is 1. The van der Waals surface area contributed by atoms with E-state index in [1.807, 2.05) is 19.1 Å². The molecule has 0 atom stereocenters. The van der Waals surface area contributed by atoms with Crippen molar-refractivity contribution in [2.75, 3.05) is 18.1 Å². The van der Waals surface area contributed by atoms with Gasteiger partial charge in [0.05, 0.1) is 11.5 Å². The lowest BCUT2D eigenvalue weighted by atomic mass is 10.2. The Morgan fingerprint density at radius 2 is 2.06 bits per heavy atom. The van der Waals surface area contributed by atoms with Gasteiger partial charge < -0.3 is 10.5 Å². The number of halogens is 1. The van der Waals surface area contributed by atoms with Gasteiger partial charge in [-0.2, -0.15) is 0 Å². The van der Waals surface area contributed by atoms with Crippen LogP contribution in [0, 0.1) is 0 Å². The molecule has 0 aliphatic carbocycles. The molecule has 1 aromatic rings. The summed E-state index contributed by atoms with van der Waals surface area (Å²) < 4.78 is 29.4. The van der Waals surface area contributed by atoms with E-state index in [2.05, 4.69) is 15.9 Å². The summed E-state index contributed by atoms with van der Waals surface area (Å²) in [5, 5.41) is 0. The van der Waals surface area contributed by atoms with E-state index in [0.29, 0.717) is 18.7 Å². The average molecular weight is 336 g/mol. The number of nitrogens with two attached hydrogens (primary N) is 1. The van der Waals surface area contributed by atoms with Gasteiger partial charge in [-0.1, -0.05) is 22.9 Å². The first-order valence-corrected chi connectivity index (χ1v) is 8.41. The molecule has 0 amide bonds. The maximum atomic E-state index is 11.5. The highest BCUT2D eigenvalue weighted by Crippen LogP contribution is 2.22. The number of sulfone groups is 1. The van der Waals surface area contributed by atoms with Crippen LogP contribution in [0.5, 0.6) is 5.75 Å². The van der Waals surface area contributed by atoms with Crippen LogP contribution in [-0.4, -0.2) is 26.5 Å². The smallest absolute Gasteiger partial charge is 0.153 e. The Bertz CT molecular complexity index is 488. The van der Waals surface area contributed by atoms with Gasteiger partial charge in [-0.15, -0.1) is 0 Å². The second-order valence-corrected chi connectivity index (χ2v) is 7.18. The van der Waals surface area contributed by atoms with Gasteiger partial charge >= 0.3 is 0 Å². The van der Waals surface area contributed by atoms with Crippen LogP contribution in [0.15, 0.2) is 22.7 Å². The normalized spacial score (nSPS) is 11.5. The molecule has 0 spiro atoms. The quantitative estimate of drug-likeness (QED) is 0.828. The van der Waals surface area contributed by atoms with Crippen molar-refractivity contribution in [2.45, 2.75) is 19.9 Å². The number of rotatable bonds is 7. The summed E-state index contributed by atoms with van der Waals surface area (Å²) in [5.74, 6) is 0.897. The zero-order chi connectivity index (χ0) is 13.6. The van der Waals surface area contributed by atoms with Crippen molar-refractivity contribution in [2.24, 2.45) is 5.73 Å². The third-order valence-electron chi connectivity index (χ3n) is 2.41. The van der Waals surface area contributed by atoms with E-state index in [9.17, 15) is 8.42 Å². The van der Waals surface area contributed by atoms with Crippen LogP contribution in [0.2, 0.25) is 0 Å². The van der Waals surface area contributed by atoms with Crippen molar-refractivity contribution in [3.05, 3.63) is 28.2 Å². The molecule has 0 fully saturated rings. The fourth-order valence-corrected chi connectivity index (χ4v) is 3.11. The molecular weight excluding hydrogens is 318 g/mol. The predicted molar refractivity (Wildman–Crippen MR) is 76.5 cm³/mol. The molecule has 4 nitrogen and oxygen atoms in total. The molecule has 6 heteroatoms. The zero-order valence-electron chi connectivity index (χ0n) is 10.4. The Morgan fingerprint density at radius 1 is 1.33 bits per heavy atom. The minimum absolute atomic E-state index is 0.0426. The Kier molecular flexibility index (Phi) is 6.11. The van der Waals surface area contributed by atoms with Gasteiger partial charge in [-0.05, 0) is 24.6 Å². The lowest BCUT2D eigenvalue weighted by molar-refractivity contribution is 0.337. The third kappa shape index (κ3) is 4.96. The molecule has 18 heavy (non-hydrogen) atoms. The Morgan fingerprint density at radius 3 is 2.67 bits per heavy atom. The molecule has 0 heterocycles. The molecule has 0 saturated heterocycles. The Labute approximate surface area is 117 Å². The third-order valence-corrected chi connectivity index (χ3v) is 4.72. The molecule has 0 aromatic heterocycles. The van der Waals surface area contributed by atoms with E-state index in [0.717, 1.165) is 10.0 Å². The first-order valence-electron chi connectivity index (χ1n) is 5.80. The van der Waals surface area contributed by atoms with E-state index >= 15 is 0 Å². The predicted octanol–water partition coefficient (Wildman–Crippen LogP) is 2.11. The second kappa shape index (κ2) is 7.11. The first-order chi connectivity index (χ1) is 8.48. The summed E-state index contributed by atoms with van der Waals surface area (Å²) in [6.07, 6.45) is 0.634. The topological polar surface area (TPSA) is 69.4 Å². The number of hydrogen-bond acceptors (Lipinski definition) is 4. The highest BCUT2D eigenvalue weighted by atomic mass is 79.9. The lowest BCUT2D eigenvalue weighted by Crippen LogP contribution is -2.17. The standard InChI is InChI=1S/C12H18BrNO3S/c1-2-6-18(15,16)7-5-17-12-4-3-11(13)8-10(12)9-14/h3-4,8H,2,5-7,9,14H2,1H3. The van der Waals surface area contributed by atoms with Gasteiger partial charge in [-0.25, -0.2) is 8.42 Å². The van der Waals surface area contributed by atoms with Crippen molar-refractivity contribution in [1.82, 2.24) is 0 Å². The van der Waals surface area contributed by atoms with E-state index in [4.69, 9.17) is 10.5 Å². The molecule has 0 aliphatic heterocycles. The molecule has 0 bridgehead atoms. The van der Waals surface area contributed by atoms with Crippen LogP contribution in [0.25, 0.3) is 0 Å². The van der Waals surface area contributed by atoms with Gasteiger partial charge in [0.1, 0.15) is 12.4 Å². The fourth-order valence-electron chi connectivity index (χ4n) is 1.54. The van der Waals surface area contributed by atoms with E-state index in [1.165, 1.54) is 0 Å². The Balaban J connectivity index is 2.59. The van der Waals surface area contributed by atoms with Gasteiger partial charge in [0.25, 0.3) is 0 Å². The van der Waals surface area contributed by atoms with Crippen molar-refractivity contribution < 1.29 is 13.2 Å². The number of benzene rings is 1. The average Bonchev–Trinajstić information content (AvgIpc) is 2.30. The highest BCUT2D eigenvalue weighted by Gasteiger charge is 2.10. The first kappa shape index (κ1) is 15.5. The van der Waals surface area contributed by atoms with Crippen LogP contribution in [0.1, 0.15) is 18.9 Å². The molecule has 0 radical (unpaired) electrons. The van der Waals surface area contributed by atoms with Crippen LogP contribution in [-0.2, 0) is 16.4 Å². The summed E-state index contributed by atoms with van der Waals surface area (Å²) in [5.41, 5.74) is 6.46. The van der Waals surface area contributed by atoms with Gasteiger partial charge in [0.2, 0.25) is 0 Å². The Hall–Kier alpha value is -0.590. The summed E-state index contributed by atoms with van der Waals surface area (Å²) in [6.45, 7) is 2.37. The highest BCUT2D eigenvalue weighted by molar-refractivity contribution is 9.10. The zero-order valence-corrected chi connectivity index (χ0v) is 12.8. The van der Waals surface area contributed by atoms with Crippen molar-refractivity contribution in [3.63, 3.8) is 0 Å². The van der Waals surface area contributed by atoms with E-state index in [-0.39, 0.29) is 18.1 Å². The van der Waals surface area contributed by atoms with E-state index < -0.39 is 9.84 Å². The monoisotopic (exact) mass is 335 g/mol. The van der Waals surface area contributed by atoms with Gasteiger partial charge in [0, 0.05) is 16.6 Å². The lowest BCUT2D eigenvalue weighted by Gasteiger charge is -2.10. The molecule has 0 aliphatic rings. The molecule has 102 valence electrons. The van der Waals surface area contributed by atoms with Crippen molar-refractivity contribution in [1.29, 1.82) is 0 Å². The SMILES string of the molecule is CCCS(=O)(=O)CCOc1ccc(Br)cc1CN. The van der Waals surface area contributed by atoms with Crippen LogP contribution >= 0.6 is 15.9 Å². The van der Waals surface area contributed by atoms with E-state index in [1.54, 1.807) is 6.07 Å². The number of hydrogen-bond donors (Lipinski definition) is 1. The second-order valence-electron chi connectivity index (χ2n) is 3.96. The van der Waals surface area contributed by atoms with Crippen molar-refractivity contribution in [3.8, 4) is 5.75 Å². The molecule has 0 unspecified atom stereocenters. The maximum Gasteiger partial charge on any atom is 0.153 e. The largest absolute Gasteiger partial charge is 0.492 e. The van der Waals surface area contributed by atoms with Crippen LogP contribution < -0.4 is 10.5 Å². The molecule has 1 aromatic carbocycles. The fraction of sp³-hybridized carbons (Fsp3) is 0.500. The molecular formula is C12H18BrNO3S. The molecule has 1 rings (SSSR count). The maximum absolute atomic E-state index is 11.5. The van der Waals surface area contributed by atoms with Crippen LogP contribution in [0.3, 0.4) is 0 Å². The summed E-state index contributed by atoms with van der Waals surface area (Å²) in [7, 11) is -3.00. The minimum atomic E-state index is -3.00. The summed E-state index contributed by atoms with van der Waals surface area (Å²) in [4.78, 5) is 0. The minimum Gasteiger partial charge on any atom is -0.492 e. The molecule has 2 N–H and O–H groups in total.